The maximum Gasteiger partial charge on any atom is 0.495 e. The Hall–Kier alpha value is -1.93. The molecule has 0 atom stereocenters. The molecule has 1 aliphatic heterocycles. The molecule has 2 heterocycles. The van der Waals surface area contributed by atoms with Gasteiger partial charge in [0.2, 0.25) is 5.88 Å². The third kappa shape index (κ3) is 3.28. The molecule has 1 saturated heterocycles. The second-order valence-electron chi connectivity index (χ2n) is 7.14. The van der Waals surface area contributed by atoms with Gasteiger partial charge in [0.15, 0.2) is 0 Å². The number of ether oxygens (including phenoxy) is 1. The normalized spacial score (nSPS) is 18.6. The molecule has 0 spiro atoms. The SMILES string of the molecule is COc1cn(Cc2c(F)cc(B3OC(C)(C)C(C)(C)O3)cc2F)cn1. The topological polar surface area (TPSA) is 45.5 Å². The molecule has 1 fully saturated rings. The van der Waals surface area contributed by atoms with Gasteiger partial charge >= 0.3 is 7.12 Å². The van der Waals surface area contributed by atoms with Crippen LogP contribution in [0.1, 0.15) is 33.3 Å². The van der Waals surface area contributed by atoms with Crippen LogP contribution in [0.3, 0.4) is 0 Å². The summed E-state index contributed by atoms with van der Waals surface area (Å²) in [5.74, 6) is -0.926. The van der Waals surface area contributed by atoms with Gasteiger partial charge in [-0.15, -0.1) is 0 Å². The summed E-state index contributed by atoms with van der Waals surface area (Å²) < 4.78 is 47.2. The van der Waals surface area contributed by atoms with Crippen LogP contribution in [0.15, 0.2) is 24.7 Å². The number of imidazole rings is 1. The third-order valence-electron chi connectivity index (χ3n) is 4.85. The molecule has 0 N–H and O–H groups in total. The summed E-state index contributed by atoms with van der Waals surface area (Å²) in [5, 5.41) is 0. The van der Waals surface area contributed by atoms with Gasteiger partial charge in [0, 0.05) is 5.56 Å². The molecule has 0 radical (unpaired) electrons. The van der Waals surface area contributed by atoms with E-state index in [1.165, 1.54) is 25.6 Å². The first-order valence-electron chi connectivity index (χ1n) is 8.02. The van der Waals surface area contributed by atoms with Crippen molar-refractivity contribution in [2.24, 2.45) is 0 Å². The van der Waals surface area contributed by atoms with Gasteiger partial charge in [0.05, 0.1) is 37.4 Å². The molecule has 0 unspecified atom stereocenters. The highest BCUT2D eigenvalue weighted by Gasteiger charge is 2.51. The lowest BCUT2D eigenvalue weighted by Gasteiger charge is -2.32. The Morgan fingerprint density at radius 2 is 1.68 bits per heavy atom. The van der Waals surface area contributed by atoms with Crippen molar-refractivity contribution in [3.63, 3.8) is 0 Å². The molecule has 5 nitrogen and oxygen atoms in total. The van der Waals surface area contributed by atoms with Crippen molar-refractivity contribution in [3.8, 4) is 5.88 Å². The van der Waals surface area contributed by atoms with E-state index in [1.807, 2.05) is 27.7 Å². The summed E-state index contributed by atoms with van der Waals surface area (Å²) in [7, 11) is 0.670. The van der Waals surface area contributed by atoms with Gasteiger partial charge in [0.1, 0.15) is 11.6 Å². The Morgan fingerprint density at radius 3 is 2.16 bits per heavy atom. The number of hydrogen-bond acceptors (Lipinski definition) is 4. The van der Waals surface area contributed by atoms with E-state index in [4.69, 9.17) is 14.0 Å². The van der Waals surface area contributed by atoms with Crippen LogP contribution < -0.4 is 10.2 Å². The van der Waals surface area contributed by atoms with Crippen LogP contribution in [-0.2, 0) is 15.9 Å². The Labute approximate surface area is 146 Å². The van der Waals surface area contributed by atoms with E-state index in [2.05, 4.69) is 4.98 Å². The standard InChI is InChI=1S/C17H21BF2N2O3/c1-16(2)17(3,4)25-18(24-16)11-6-13(19)12(14(20)7-11)8-22-9-15(23-5)21-10-22/h6-7,9-10H,8H2,1-5H3. The van der Waals surface area contributed by atoms with Crippen LogP contribution in [-0.4, -0.2) is 35.0 Å². The molecule has 3 rings (SSSR count). The molecule has 25 heavy (non-hydrogen) atoms. The van der Waals surface area contributed by atoms with Crippen LogP contribution in [0.25, 0.3) is 0 Å². The summed E-state index contributed by atoms with van der Waals surface area (Å²) >= 11 is 0. The first-order chi connectivity index (χ1) is 11.6. The molecular weight excluding hydrogens is 329 g/mol. The largest absolute Gasteiger partial charge is 0.495 e. The van der Waals surface area contributed by atoms with Gasteiger partial charge in [-0.25, -0.2) is 13.8 Å². The Balaban J connectivity index is 1.86. The maximum atomic E-state index is 14.5. The van der Waals surface area contributed by atoms with Gasteiger partial charge in [0.25, 0.3) is 0 Å². The van der Waals surface area contributed by atoms with Crippen LogP contribution in [0.4, 0.5) is 8.78 Å². The van der Waals surface area contributed by atoms with Crippen molar-refractivity contribution in [1.82, 2.24) is 9.55 Å². The Kier molecular flexibility index (Phi) is 4.37. The van der Waals surface area contributed by atoms with E-state index >= 15 is 0 Å². The summed E-state index contributed by atoms with van der Waals surface area (Å²) in [6.07, 6.45) is 3.03. The number of halogens is 2. The van der Waals surface area contributed by atoms with E-state index in [9.17, 15) is 8.78 Å². The zero-order valence-electron chi connectivity index (χ0n) is 15.0. The first-order valence-corrected chi connectivity index (χ1v) is 8.02. The molecule has 0 saturated carbocycles. The Morgan fingerprint density at radius 1 is 1.12 bits per heavy atom. The number of benzene rings is 1. The van der Waals surface area contributed by atoms with E-state index in [-0.39, 0.29) is 12.1 Å². The number of aromatic nitrogens is 2. The van der Waals surface area contributed by atoms with Gasteiger partial charge in [-0.2, -0.15) is 0 Å². The maximum absolute atomic E-state index is 14.5. The molecular formula is C17H21BF2N2O3. The molecule has 2 aromatic rings. The molecule has 8 heteroatoms. The predicted molar refractivity (Wildman–Crippen MR) is 90.0 cm³/mol. The van der Waals surface area contributed by atoms with Gasteiger partial charge in [-0.3, -0.25) is 0 Å². The highest BCUT2D eigenvalue weighted by molar-refractivity contribution is 6.62. The van der Waals surface area contributed by atoms with Crippen LogP contribution >= 0.6 is 0 Å². The van der Waals surface area contributed by atoms with E-state index in [0.29, 0.717) is 11.3 Å². The molecule has 0 aliphatic carbocycles. The quantitative estimate of drug-likeness (QED) is 0.795. The van der Waals surface area contributed by atoms with E-state index in [1.54, 1.807) is 10.8 Å². The number of rotatable bonds is 4. The lowest BCUT2D eigenvalue weighted by Crippen LogP contribution is -2.41. The summed E-state index contributed by atoms with van der Waals surface area (Å²) in [6, 6.07) is 2.52. The molecule has 1 aromatic carbocycles. The third-order valence-corrected chi connectivity index (χ3v) is 4.85. The average molecular weight is 350 g/mol. The van der Waals surface area contributed by atoms with Crippen molar-refractivity contribution in [3.05, 3.63) is 41.9 Å². The fraction of sp³-hybridized carbons (Fsp3) is 0.471. The monoisotopic (exact) mass is 350 g/mol. The average Bonchev–Trinajstić information content (AvgIpc) is 3.05. The minimum absolute atomic E-state index is 0.0116. The van der Waals surface area contributed by atoms with Crippen LogP contribution in [0.2, 0.25) is 0 Å². The van der Waals surface area contributed by atoms with Crippen LogP contribution in [0, 0.1) is 11.6 Å². The van der Waals surface area contributed by atoms with E-state index in [0.717, 1.165) is 0 Å². The number of methoxy groups -OCH3 is 1. The van der Waals surface area contributed by atoms with Gasteiger partial charge in [-0.05, 0) is 45.3 Å². The lowest BCUT2D eigenvalue weighted by molar-refractivity contribution is 0.00578. The molecule has 0 bridgehead atoms. The minimum Gasteiger partial charge on any atom is -0.480 e. The summed E-state index contributed by atoms with van der Waals surface area (Å²) in [6.45, 7) is 7.57. The fourth-order valence-corrected chi connectivity index (χ4v) is 2.60. The predicted octanol–water partition coefficient (Wildman–Crippen LogP) is 2.52. The zero-order valence-corrected chi connectivity index (χ0v) is 15.0. The van der Waals surface area contributed by atoms with Crippen molar-refractivity contribution >= 4 is 12.6 Å². The zero-order chi connectivity index (χ0) is 18.4. The molecule has 1 aromatic heterocycles. The van der Waals surface area contributed by atoms with Crippen molar-refractivity contribution in [2.75, 3.05) is 7.11 Å². The summed E-state index contributed by atoms with van der Waals surface area (Å²) in [5.41, 5.74) is -0.881. The molecule has 0 amide bonds. The first kappa shape index (κ1) is 17.9. The Bertz CT molecular complexity index is 753. The molecule has 1 aliphatic rings. The van der Waals surface area contributed by atoms with Gasteiger partial charge < -0.3 is 18.6 Å². The van der Waals surface area contributed by atoms with Crippen LogP contribution in [0.5, 0.6) is 5.88 Å². The van der Waals surface area contributed by atoms with Crippen molar-refractivity contribution in [2.45, 2.75) is 45.4 Å². The fourth-order valence-electron chi connectivity index (χ4n) is 2.60. The number of hydrogen-bond donors (Lipinski definition) is 0. The van der Waals surface area contributed by atoms with Crippen molar-refractivity contribution < 1.29 is 22.8 Å². The second kappa shape index (κ2) is 6.11. The van der Waals surface area contributed by atoms with E-state index < -0.39 is 30.0 Å². The molecule has 134 valence electrons. The van der Waals surface area contributed by atoms with Crippen molar-refractivity contribution in [1.29, 1.82) is 0 Å². The highest BCUT2D eigenvalue weighted by Crippen LogP contribution is 2.36. The highest BCUT2D eigenvalue weighted by atomic mass is 19.1. The smallest absolute Gasteiger partial charge is 0.480 e. The van der Waals surface area contributed by atoms with Gasteiger partial charge in [-0.1, -0.05) is 0 Å². The summed E-state index contributed by atoms with van der Waals surface area (Å²) in [4.78, 5) is 3.96. The number of nitrogens with zero attached hydrogens (tertiary/aromatic N) is 2. The second-order valence-corrected chi connectivity index (χ2v) is 7.14. The minimum atomic E-state index is -0.809. The lowest BCUT2D eigenvalue weighted by atomic mass is 9.78.